The molecule has 0 saturated carbocycles. The molecule has 1 aliphatic rings. The van der Waals surface area contributed by atoms with Crippen LogP contribution < -0.4 is 14.4 Å². The number of aliphatic hydroxyl groups is 1. The molecule has 0 unspecified atom stereocenters. The van der Waals surface area contributed by atoms with Gasteiger partial charge in [0.05, 0.1) is 32.0 Å². The number of ether oxygens (including phenoxy) is 2. The van der Waals surface area contributed by atoms with Crippen LogP contribution in [-0.2, 0) is 0 Å². The molecule has 2 N–H and O–H groups in total. The van der Waals surface area contributed by atoms with Crippen molar-refractivity contribution < 1.29 is 14.6 Å². The summed E-state index contributed by atoms with van der Waals surface area (Å²) in [5.74, 6) is 1.76. The molecule has 2 heterocycles. The van der Waals surface area contributed by atoms with Gasteiger partial charge in [0, 0.05) is 22.7 Å². The fraction of sp³-hybridized carbons (Fsp3) is 0.182. The third-order valence-corrected chi connectivity index (χ3v) is 5.77. The normalized spacial score (nSPS) is 13.9. The Bertz CT molecular complexity index is 1120. The molecule has 2 aromatic carbocycles. The lowest BCUT2D eigenvalue weighted by molar-refractivity contribution is 0.395. The minimum absolute atomic E-state index is 0.154. The Morgan fingerprint density at radius 2 is 1.93 bits per heavy atom. The maximum atomic E-state index is 10.6. The number of nitrogens with one attached hydrogen (secondary N) is 1. The summed E-state index contributed by atoms with van der Waals surface area (Å²) in [5.41, 5.74) is 3.99. The predicted octanol–water partition coefficient (Wildman–Crippen LogP) is 4.90. The Kier molecular flexibility index (Phi) is 4.98. The molecule has 7 heteroatoms. The van der Waals surface area contributed by atoms with Crippen LogP contribution in [0.15, 0.2) is 53.6 Å². The van der Waals surface area contributed by atoms with Gasteiger partial charge in [-0.2, -0.15) is 0 Å². The fourth-order valence-electron chi connectivity index (χ4n) is 3.40. The van der Waals surface area contributed by atoms with Gasteiger partial charge >= 0.3 is 0 Å². The number of benzene rings is 2. The lowest BCUT2D eigenvalue weighted by Gasteiger charge is -2.20. The number of anilines is 1. The number of rotatable bonds is 5. The molecule has 4 rings (SSSR count). The van der Waals surface area contributed by atoms with Crippen LogP contribution >= 0.6 is 11.3 Å². The van der Waals surface area contributed by atoms with Gasteiger partial charge in [0.1, 0.15) is 28.1 Å². The van der Waals surface area contributed by atoms with E-state index < -0.39 is 0 Å². The number of hydrogen-bond acceptors (Lipinski definition) is 6. The number of thiazole rings is 1. The molecular weight excluding hydrogens is 386 g/mol. The molecule has 0 saturated heterocycles. The first-order valence-corrected chi connectivity index (χ1v) is 9.94. The Labute approximate surface area is 173 Å². The van der Waals surface area contributed by atoms with Crippen molar-refractivity contribution in [3.05, 3.63) is 64.2 Å². The third-order valence-electron chi connectivity index (χ3n) is 4.91. The largest absolute Gasteiger partial charge is 0.510 e. The average molecular weight is 407 g/mol. The summed E-state index contributed by atoms with van der Waals surface area (Å²) in [5, 5.41) is 21.8. The second-order valence-electron chi connectivity index (χ2n) is 6.65. The number of amidine groups is 1. The van der Waals surface area contributed by atoms with Crippen LogP contribution in [0.4, 0.5) is 5.69 Å². The van der Waals surface area contributed by atoms with E-state index in [2.05, 4.69) is 0 Å². The van der Waals surface area contributed by atoms with Crippen LogP contribution in [0.2, 0.25) is 0 Å². The number of methoxy groups -OCH3 is 2. The first kappa shape index (κ1) is 19.0. The average Bonchev–Trinajstić information content (AvgIpc) is 3.32. The van der Waals surface area contributed by atoms with Gasteiger partial charge in [0.25, 0.3) is 0 Å². The van der Waals surface area contributed by atoms with Crippen LogP contribution in [0.3, 0.4) is 0 Å². The van der Waals surface area contributed by atoms with Gasteiger partial charge in [-0.25, -0.2) is 4.98 Å². The van der Waals surface area contributed by atoms with Crippen LogP contribution in [0.25, 0.3) is 16.8 Å². The quantitative estimate of drug-likeness (QED) is 0.629. The second kappa shape index (κ2) is 7.60. The van der Waals surface area contributed by atoms with Crippen molar-refractivity contribution in [1.29, 1.82) is 5.41 Å². The van der Waals surface area contributed by atoms with E-state index in [0.29, 0.717) is 22.1 Å². The van der Waals surface area contributed by atoms with Crippen LogP contribution in [0.1, 0.15) is 10.6 Å². The van der Waals surface area contributed by atoms with E-state index in [1.807, 2.05) is 54.8 Å². The highest BCUT2D eigenvalue weighted by molar-refractivity contribution is 7.11. The summed E-state index contributed by atoms with van der Waals surface area (Å²) in [7, 11) is 3.21. The van der Waals surface area contributed by atoms with E-state index in [9.17, 15) is 5.11 Å². The third kappa shape index (κ3) is 3.34. The fourth-order valence-corrected chi connectivity index (χ4v) is 4.28. The van der Waals surface area contributed by atoms with Gasteiger partial charge in [0.2, 0.25) is 0 Å². The lowest BCUT2D eigenvalue weighted by atomic mass is 10.1. The van der Waals surface area contributed by atoms with Crippen molar-refractivity contribution in [2.75, 3.05) is 25.7 Å². The second-order valence-corrected chi connectivity index (χ2v) is 7.51. The summed E-state index contributed by atoms with van der Waals surface area (Å²) < 4.78 is 10.7. The highest BCUT2D eigenvalue weighted by Crippen LogP contribution is 2.38. The van der Waals surface area contributed by atoms with E-state index >= 15 is 0 Å². The van der Waals surface area contributed by atoms with Gasteiger partial charge in [-0.05, 0) is 30.7 Å². The van der Waals surface area contributed by atoms with Crippen molar-refractivity contribution in [1.82, 2.24) is 4.98 Å². The zero-order chi connectivity index (χ0) is 20.5. The van der Waals surface area contributed by atoms with E-state index in [1.54, 1.807) is 19.1 Å². The molecule has 0 amide bonds. The summed E-state index contributed by atoms with van der Waals surface area (Å²) in [6.45, 7) is 2.26. The molecule has 0 fully saturated rings. The number of hydrogen-bond donors (Lipinski definition) is 2. The molecule has 0 atom stereocenters. The first-order chi connectivity index (χ1) is 14.0. The number of aliphatic hydroxyl groups excluding tert-OH is 1. The summed E-state index contributed by atoms with van der Waals surface area (Å²) in [4.78, 5) is 6.49. The standard InChI is InChI=1S/C22H21N3O3S/c1-13-6-4-5-7-17(13)25-11-18(26)20(21(25)23)22-24-16(12-29-22)15-9-8-14(27-2)10-19(15)28-3/h4-10,12,23,26H,11H2,1-3H3. The van der Waals surface area contributed by atoms with Crippen molar-refractivity contribution in [3.63, 3.8) is 0 Å². The van der Waals surface area contributed by atoms with E-state index in [0.717, 1.165) is 22.5 Å². The molecule has 29 heavy (non-hydrogen) atoms. The Hall–Kier alpha value is -3.32. The smallest absolute Gasteiger partial charge is 0.139 e. The van der Waals surface area contributed by atoms with Gasteiger partial charge in [-0.1, -0.05) is 18.2 Å². The maximum Gasteiger partial charge on any atom is 0.139 e. The van der Waals surface area contributed by atoms with Gasteiger partial charge in [0.15, 0.2) is 0 Å². The molecular formula is C22H21N3O3S. The SMILES string of the molecule is COc1ccc(-c2csc(C3=C(O)CN(c4ccccc4C)C3=N)n2)c(OC)c1. The maximum absolute atomic E-state index is 10.6. The Morgan fingerprint density at radius 3 is 2.66 bits per heavy atom. The highest BCUT2D eigenvalue weighted by Gasteiger charge is 2.32. The van der Waals surface area contributed by atoms with Crippen LogP contribution in [-0.4, -0.2) is 36.7 Å². The number of aryl methyl sites for hydroxylation is 1. The van der Waals surface area contributed by atoms with Gasteiger partial charge in [-0.15, -0.1) is 11.3 Å². The van der Waals surface area contributed by atoms with Crippen molar-refractivity contribution in [2.45, 2.75) is 6.92 Å². The summed E-state index contributed by atoms with van der Waals surface area (Å²) in [6, 6.07) is 13.4. The summed E-state index contributed by atoms with van der Waals surface area (Å²) in [6.07, 6.45) is 0. The monoisotopic (exact) mass is 407 g/mol. The lowest BCUT2D eigenvalue weighted by Crippen LogP contribution is -2.26. The number of para-hydroxylation sites is 1. The molecule has 0 aliphatic carbocycles. The molecule has 1 aliphatic heterocycles. The molecule has 0 bridgehead atoms. The van der Waals surface area contributed by atoms with E-state index in [1.165, 1.54) is 11.3 Å². The molecule has 0 radical (unpaired) electrons. The first-order valence-electron chi connectivity index (χ1n) is 9.06. The predicted molar refractivity (Wildman–Crippen MR) is 116 cm³/mol. The van der Waals surface area contributed by atoms with E-state index in [4.69, 9.17) is 19.9 Å². The highest BCUT2D eigenvalue weighted by atomic mass is 32.1. The molecule has 6 nitrogen and oxygen atoms in total. The van der Waals surface area contributed by atoms with Crippen molar-refractivity contribution >= 4 is 28.4 Å². The molecule has 3 aromatic rings. The zero-order valence-electron chi connectivity index (χ0n) is 16.4. The minimum Gasteiger partial charge on any atom is -0.510 e. The van der Waals surface area contributed by atoms with E-state index in [-0.39, 0.29) is 18.1 Å². The van der Waals surface area contributed by atoms with Crippen LogP contribution in [0, 0.1) is 12.3 Å². The minimum atomic E-state index is 0.154. The van der Waals surface area contributed by atoms with Crippen molar-refractivity contribution in [3.8, 4) is 22.8 Å². The van der Waals surface area contributed by atoms with Crippen LogP contribution in [0.5, 0.6) is 11.5 Å². The number of nitrogens with zero attached hydrogens (tertiary/aromatic N) is 2. The van der Waals surface area contributed by atoms with Gasteiger partial charge < -0.3 is 19.5 Å². The molecule has 0 spiro atoms. The topological polar surface area (TPSA) is 78.7 Å². The number of aromatic nitrogens is 1. The van der Waals surface area contributed by atoms with Crippen molar-refractivity contribution in [2.24, 2.45) is 0 Å². The molecule has 1 aromatic heterocycles. The zero-order valence-corrected chi connectivity index (χ0v) is 17.2. The van der Waals surface area contributed by atoms with Gasteiger partial charge in [-0.3, -0.25) is 5.41 Å². The Balaban J connectivity index is 1.67. The molecule has 148 valence electrons. The summed E-state index contributed by atoms with van der Waals surface area (Å²) >= 11 is 1.40. The Morgan fingerprint density at radius 1 is 1.14 bits per heavy atom.